The first-order valence-corrected chi connectivity index (χ1v) is 10.1. The molecule has 3 heterocycles. The van der Waals surface area contributed by atoms with Crippen molar-refractivity contribution in [1.29, 1.82) is 0 Å². The van der Waals surface area contributed by atoms with Crippen LogP contribution in [-0.2, 0) is 0 Å². The van der Waals surface area contributed by atoms with Crippen molar-refractivity contribution in [2.75, 3.05) is 5.73 Å². The SMILES string of the molecule is Cc1cc2c(cc1N)c(=O)c(-c1cccc(-c3nncn3C(C)C)n1)cn2C(C)C. The van der Waals surface area contributed by atoms with Crippen LogP contribution in [0.1, 0.15) is 45.3 Å². The Morgan fingerprint density at radius 2 is 1.70 bits per heavy atom. The largest absolute Gasteiger partial charge is 0.398 e. The van der Waals surface area contributed by atoms with Gasteiger partial charge in [-0.2, -0.15) is 0 Å². The molecule has 2 N–H and O–H groups in total. The molecule has 4 aromatic rings. The number of fused-ring (bicyclic) bond motifs is 1. The number of nitrogens with zero attached hydrogens (tertiary/aromatic N) is 5. The van der Waals surface area contributed by atoms with Crippen molar-refractivity contribution in [1.82, 2.24) is 24.3 Å². The molecule has 30 heavy (non-hydrogen) atoms. The molecule has 0 saturated carbocycles. The second-order valence-electron chi connectivity index (χ2n) is 8.16. The summed E-state index contributed by atoms with van der Waals surface area (Å²) < 4.78 is 4.06. The van der Waals surface area contributed by atoms with Crippen LogP contribution in [0.3, 0.4) is 0 Å². The summed E-state index contributed by atoms with van der Waals surface area (Å²) in [6, 6.07) is 9.75. The Morgan fingerprint density at radius 1 is 1.00 bits per heavy atom. The summed E-state index contributed by atoms with van der Waals surface area (Å²) in [5.74, 6) is 0.677. The monoisotopic (exact) mass is 402 g/mol. The van der Waals surface area contributed by atoms with E-state index < -0.39 is 0 Å². The molecule has 7 heteroatoms. The molecule has 0 aliphatic carbocycles. The topological polar surface area (TPSA) is 91.6 Å². The molecule has 0 aliphatic rings. The zero-order valence-electron chi connectivity index (χ0n) is 17.9. The number of aryl methyl sites for hydroxylation is 1. The molecule has 154 valence electrons. The van der Waals surface area contributed by atoms with Crippen LogP contribution in [0, 0.1) is 6.92 Å². The molecule has 0 bridgehead atoms. The fraction of sp³-hybridized carbons (Fsp3) is 0.304. The summed E-state index contributed by atoms with van der Waals surface area (Å²) in [6.07, 6.45) is 3.59. The fourth-order valence-electron chi connectivity index (χ4n) is 3.64. The van der Waals surface area contributed by atoms with E-state index in [1.807, 2.05) is 42.0 Å². The van der Waals surface area contributed by atoms with Crippen molar-refractivity contribution in [3.63, 3.8) is 0 Å². The van der Waals surface area contributed by atoms with E-state index in [1.54, 1.807) is 12.4 Å². The predicted molar refractivity (Wildman–Crippen MR) is 120 cm³/mol. The Morgan fingerprint density at radius 3 is 2.40 bits per heavy atom. The van der Waals surface area contributed by atoms with Crippen molar-refractivity contribution in [2.24, 2.45) is 0 Å². The standard InChI is InChI=1S/C23H26N6O/c1-13(2)28-11-17(22(30)16-10-18(24)15(5)9-21(16)28)19-7-6-8-20(26-19)23-27-25-12-29(23)14(3)4/h6-14H,24H2,1-5H3. The van der Waals surface area contributed by atoms with Gasteiger partial charge in [-0.05, 0) is 64.4 Å². The highest BCUT2D eigenvalue weighted by Crippen LogP contribution is 2.27. The smallest absolute Gasteiger partial charge is 0.198 e. The van der Waals surface area contributed by atoms with E-state index in [1.165, 1.54) is 0 Å². The van der Waals surface area contributed by atoms with Crippen molar-refractivity contribution >= 4 is 16.6 Å². The average molecular weight is 403 g/mol. The number of pyridine rings is 2. The summed E-state index contributed by atoms with van der Waals surface area (Å²) in [4.78, 5) is 18.2. The van der Waals surface area contributed by atoms with E-state index in [2.05, 4.69) is 42.5 Å². The Hall–Kier alpha value is -3.48. The Kier molecular flexibility index (Phi) is 4.89. The van der Waals surface area contributed by atoms with E-state index in [9.17, 15) is 4.79 Å². The lowest BCUT2D eigenvalue weighted by molar-refractivity contribution is 0.603. The Labute approximate surface area is 175 Å². The third-order valence-electron chi connectivity index (χ3n) is 5.36. The van der Waals surface area contributed by atoms with Crippen molar-refractivity contribution in [3.8, 4) is 22.8 Å². The zero-order valence-corrected chi connectivity index (χ0v) is 17.9. The summed E-state index contributed by atoms with van der Waals surface area (Å²) in [7, 11) is 0. The van der Waals surface area contributed by atoms with Gasteiger partial charge >= 0.3 is 0 Å². The predicted octanol–water partition coefficient (Wildman–Crippen LogP) is 4.37. The third kappa shape index (κ3) is 3.26. The number of nitrogen functional groups attached to an aromatic ring is 1. The first-order chi connectivity index (χ1) is 14.3. The lowest BCUT2D eigenvalue weighted by Crippen LogP contribution is -2.15. The minimum absolute atomic E-state index is 0.0800. The molecule has 0 fully saturated rings. The van der Waals surface area contributed by atoms with E-state index in [0.717, 1.165) is 11.1 Å². The fourth-order valence-corrected chi connectivity index (χ4v) is 3.64. The van der Waals surface area contributed by atoms with Crippen LogP contribution in [0.25, 0.3) is 33.7 Å². The number of benzene rings is 1. The number of hydrogen-bond donors (Lipinski definition) is 1. The number of aromatic nitrogens is 5. The maximum absolute atomic E-state index is 13.4. The highest BCUT2D eigenvalue weighted by atomic mass is 16.1. The van der Waals surface area contributed by atoms with Crippen LogP contribution in [0.15, 0.2) is 47.7 Å². The maximum Gasteiger partial charge on any atom is 0.198 e. The van der Waals surface area contributed by atoms with Gasteiger partial charge in [0.05, 0.1) is 16.8 Å². The lowest BCUT2D eigenvalue weighted by atomic mass is 10.0. The molecule has 0 amide bonds. The zero-order chi connectivity index (χ0) is 21.6. The minimum atomic E-state index is -0.0800. The molecule has 0 unspecified atom stereocenters. The first-order valence-electron chi connectivity index (χ1n) is 10.1. The van der Waals surface area contributed by atoms with Crippen LogP contribution < -0.4 is 11.2 Å². The van der Waals surface area contributed by atoms with Crippen molar-refractivity contribution in [3.05, 3.63) is 58.6 Å². The van der Waals surface area contributed by atoms with E-state index in [-0.39, 0.29) is 17.5 Å². The summed E-state index contributed by atoms with van der Waals surface area (Å²) >= 11 is 0. The van der Waals surface area contributed by atoms with Gasteiger partial charge in [0.2, 0.25) is 0 Å². The van der Waals surface area contributed by atoms with Gasteiger partial charge in [-0.15, -0.1) is 10.2 Å². The molecule has 4 rings (SSSR count). The third-order valence-corrected chi connectivity index (χ3v) is 5.36. The van der Waals surface area contributed by atoms with Gasteiger partial charge in [0.15, 0.2) is 11.3 Å². The van der Waals surface area contributed by atoms with Crippen LogP contribution in [-0.4, -0.2) is 24.3 Å². The summed E-state index contributed by atoms with van der Waals surface area (Å²) in [5, 5.41) is 8.86. The molecule has 0 aliphatic heterocycles. The Bertz CT molecular complexity index is 1300. The number of hydrogen-bond acceptors (Lipinski definition) is 5. The minimum Gasteiger partial charge on any atom is -0.398 e. The van der Waals surface area contributed by atoms with Crippen LogP contribution in [0.2, 0.25) is 0 Å². The summed E-state index contributed by atoms with van der Waals surface area (Å²) in [5.41, 5.74) is 10.3. The average Bonchev–Trinajstić information content (AvgIpc) is 3.20. The highest BCUT2D eigenvalue weighted by molar-refractivity contribution is 5.87. The van der Waals surface area contributed by atoms with Crippen LogP contribution in [0.4, 0.5) is 5.69 Å². The molecule has 7 nitrogen and oxygen atoms in total. The number of anilines is 1. The Balaban J connectivity index is 1.96. The molecular formula is C23H26N6O. The van der Waals surface area contributed by atoms with Gasteiger partial charge in [-0.25, -0.2) is 4.98 Å². The van der Waals surface area contributed by atoms with Crippen molar-refractivity contribution < 1.29 is 0 Å². The van der Waals surface area contributed by atoms with Gasteiger partial charge in [-0.3, -0.25) is 4.79 Å². The molecule has 0 radical (unpaired) electrons. The summed E-state index contributed by atoms with van der Waals surface area (Å²) in [6.45, 7) is 10.3. The molecule has 1 aromatic carbocycles. The van der Waals surface area contributed by atoms with E-state index >= 15 is 0 Å². The van der Waals surface area contributed by atoms with Crippen LogP contribution in [0.5, 0.6) is 0 Å². The maximum atomic E-state index is 13.4. The normalized spacial score (nSPS) is 11.7. The van der Waals surface area contributed by atoms with Gasteiger partial charge < -0.3 is 14.9 Å². The molecule has 0 spiro atoms. The number of rotatable bonds is 4. The van der Waals surface area contributed by atoms with Gasteiger partial charge in [-0.1, -0.05) is 6.07 Å². The lowest BCUT2D eigenvalue weighted by Gasteiger charge is -2.18. The molecule has 0 atom stereocenters. The second kappa shape index (κ2) is 7.40. The van der Waals surface area contributed by atoms with Crippen LogP contribution >= 0.6 is 0 Å². The van der Waals surface area contributed by atoms with Gasteiger partial charge in [0.1, 0.15) is 12.0 Å². The van der Waals surface area contributed by atoms with E-state index in [4.69, 9.17) is 10.7 Å². The van der Waals surface area contributed by atoms with Gasteiger partial charge in [0.25, 0.3) is 0 Å². The van der Waals surface area contributed by atoms with Gasteiger partial charge in [0, 0.05) is 29.4 Å². The first kappa shape index (κ1) is 19.8. The molecule has 0 saturated heterocycles. The second-order valence-corrected chi connectivity index (χ2v) is 8.16. The highest BCUT2D eigenvalue weighted by Gasteiger charge is 2.17. The molecule has 3 aromatic heterocycles. The van der Waals surface area contributed by atoms with E-state index in [0.29, 0.717) is 33.8 Å². The number of nitrogens with two attached hydrogens (primary N) is 1. The van der Waals surface area contributed by atoms with Crippen molar-refractivity contribution in [2.45, 2.75) is 46.7 Å². The quantitative estimate of drug-likeness (QED) is 0.512. The molecular weight excluding hydrogens is 376 g/mol.